The Morgan fingerprint density at radius 3 is 2.75 bits per heavy atom. The lowest BCUT2D eigenvalue weighted by Gasteiger charge is -2.17. The topological polar surface area (TPSA) is 110 Å². The minimum absolute atomic E-state index is 0.0956. The first-order valence-corrected chi connectivity index (χ1v) is 13.3. The molecule has 32 heavy (non-hydrogen) atoms. The molecule has 0 fully saturated rings. The van der Waals surface area contributed by atoms with Gasteiger partial charge < -0.3 is 9.88 Å². The number of nitrogens with one attached hydrogen (secondary N) is 2. The first kappa shape index (κ1) is 22.2. The van der Waals surface area contributed by atoms with Crippen molar-refractivity contribution in [1.29, 1.82) is 0 Å². The van der Waals surface area contributed by atoms with Crippen LogP contribution in [0.15, 0.2) is 54.9 Å². The van der Waals surface area contributed by atoms with E-state index < -0.39 is 10.0 Å². The number of benzene rings is 1. The van der Waals surface area contributed by atoms with E-state index in [1.165, 1.54) is 0 Å². The van der Waals surface area contributed by atoms with Crippen molar-refractivity contribution in [3.63, 3.8) is 0 Å². The predicted molar refractivity (Wildman–Crippen MR) is 127 cm³/mol. The van der Waals surface area contributed by atoms with Crippen LogP contribution in [0.5, 0.6) is 0 Å². The molecule has 0 saturated carbocycles. The molecule has 9 nitrogen and oxygen atoms in total. The number of thioether (sulfide) groups is 1. The van der Waals surface area contributed by atoms with Crippen molar-refractivity contribution < 1.29 is 13.2 Å². The number of anilines is 1. The van der Waals surface area contributed by atoms with Crippen LogP contribution in [0, 0.1) is 0 Å². The third-order valence-electron chi connectivity index (χ3n) is 5.02. The number of hydrogen-bond donors (Lipinski definition) is 2. The van der Waals surface area contributed by atoms with E-state index in [1.807, 2.05) is 41.1 Å². The average molecular weight is 473 g/mol. The van der Waals surface area contributed by atoms with Crippen molar-refractivity contribution in [2.24, 2.45) is 0 Å². The smallest absolute Gasteiger partial charge is 0.240 e. The number of fused-ring (bicyclic) bond motifs is 2. The average Bonchev–Trinajstić information content (AvgIpc) is 3.35. The molecule has 0 aliphatic rings. The minimum atomic E-state index is -3.41. The van der Waals surface area contributed by atoms with Crippen LogP contribution in [0.4, 0.5) is 5.69 Å². The van der Waals surface area contributed by atoms with Gasteiger partial charge in [-0.1, -0.05) is 12.1 Å². The van der Waals surface area contributed by atoms with Gasteiger partial charge in [-0.25, -0.2) is 8.42 Å². The molecule has 168 valence electrons. The third kappa shape index (κ3) is 4.89. The van der Waals surface area contributed by atoms with Gasteiger partial charge in [-0.15, -0.1) is 10.2 Å². The van der Waals surface area contributed by atoms with Crippen LogP contribution >= 0.6 is 11.8 Å². The summed E-state index contributed by atoms with van der Waals surface area (Å²) < 4.78 is 29.5. The molecule has 3 aromatic heterocycles. The fraction of sp³-hybridized carbons (Fsp3) is 0.286. The zero-order valence-corrected chi connectivity index (χ0v) is 19.4. The Morgan fingerprint density at radius 1 is 1.12 bits per heavy atom. The Hall–Kier alpha value is -3.05. The van der Waals surface area contributed by atoms with Crippen LogP contribution in [-0.2, 0) is 21.4 Å². The monoisotopic (exact) mass is 472 g/mol. The van der Waals surface area contributed by atoms with E-state index in [-0.39, 0.29) is 18.5 Å². The highest BCUT2D eigenvalue weighted by molar-refractivity contribution is 7.98. The Balaban J connectivity index is 1.56. The lowest BCUT2D eigenvalue weighted by molar-refractivity contribution is -0.122. The van der Waals surface area contributed by atoms with Crippen molar-refractivity contribution >= 4 is 49.9 Å². The molecule has 11 heteroatoms. The summed E-state index contributed by atoms with van der Waals surface area (Å²) in [4.78, 5) is 13.0. The second kappa shape index (κ2) is 9.21. The van der Waals surface area contributed by atoms with Crippen LogP contribution in [0.1, 0.15) is 18.3 Å². The molecular formula is C21H24N6O3S2. The Bertz CT molecular complexity index is 1360. The number of hydrogen-bond acceptors (Lipinski definition) is 6. The highest BCUT2D eigenvalue weighted by Gasteiger charge is 2.21. The largest absolute Gasteiger partial charge is 0.344 e. The molecule has 0 saturated heterocycles. The van der Waals surface area contributed by atoms with Crippen LogP contribution in [0.3, 0.4) is 0 Å². The molecule has 0 aliphatic heterocycles. The van der Waals surface area contributed by atoms with Crippen LogP contribution in [0.2, 0.25) is 0 Å². The summed E-state index contributed by atoms with van der Waals surface area (Å²) in [6, 6.07) is 12.5. The molecule has 1 amide bonds. The summed E-state index contributed by atoms with van der Waals surface area (Å²) in [5.74, 6) is 1.39. The molecule has 4 rings (SSSR count). The maximum Gasteiger partial charge on any atom is 0.240 e. The first-order chi connectivity index (χ1) is 15.4. The SMILES string of the molecule is CSCC[C@H](NC(=O)Cn1ccc2c(NS(C)(=O)=O)cccc21)c1nnc2ccccn12. The number of pyridine rings is 1. The zero-order valence-electron chi connectivity index (χ0n) is 17.7. The van der Waals surface area contributed by atoms with Crippen LogP contribution in [0.25, 0.3) is 16.6 Å². The number of sulfonamides is 1. The lowest BCUT2D eigenvalue weighted by atomic mass is 10.2. The fourth-order valence-electron chi connectivity index (χ4n) is 3.64. The van der Waals surface area contributed by atoms with Gasteiger partial charge in [-0.2, -0.15) is 11.8 Å². The van der Waals surface area contributed by atoms with Gasteiger partial charge >= 0.3 is 0 Å². The first-order valence-electron chi connectivity index (χ1n) is 9.99. The van der Waals surface area contributed by atoms with Gasteiger partial charge in [0.1, 0.15) is 6.54 Å². The number of aromatic nitrogens is 4. The van der Waals surface area contributed by atoms with E-state index in [0.29, 0.717) is 11.5 Å². The second-order valence-corrected chi connectivity index (χ2v) is 10.2. The van der Waals surface area contributed by atoms with Gasteiger partial charge in [0.15, 0.2) is 11.5 Å². The molecule has 0 unspecified atom stereocenters. The molecule has 4 aromatic rings. The summed E-state index contributed by atoms with van der Waals surface area (Å²) in [6.45, 7) is 0.0956. The van der Waals surface area contributed by atoms with E-state index in [4.69, 9.17) is 0 Å². The van der Waals surface area contributed by atoms with Crippen molar-refractivity contribution in [3.05, 3.63) is 60.7 Å². The van der Waals surface area contributed by atoms with Gasteiger partial charge in [-0.05, 0) is 48.8 Å². The summed E-state index contributed by atoms with van der Waals surface area (Å²) in [5.41, 5.74) is 1.98. The van der Waals surface area contributed by atoms with Crippen LogP contribution in [-0.4, -0.2) is 51.8 Å². The third-order valence-corrected chi connectivity index (χ3v) is 6.26. The molecule has 3 heterocycles. The van der Waals surface area contributed by atoms with Crippen LogP contribution < -0.4 is 10.0 Å². The number of carbonyl (C=O) groups is 1. The molecule has 2 N–H and O–H groups in total. The van der Waals surface area contributed by atoms with E-state index in [0.717, 1.165) is 35.0 Å². The van der Waals surface area contributed by atoms with Gasteiger partial charge in [0.05, 0.1) is 23.5 Å². The van der Waals surface area contributed by atoms with Gasteiger partial charge in [0, 0.05) is 17.8 Å². The molecule has 0 radical (unpaired) electrons. The second-order valence-electron chi connectivity index (χ2n) is 7.44. The maximum absolute atomic E-state index is 13.0. The van der Waals surface area contributed by atoms with Gasteiger partial charge in [-0.3, -0.25) is 13.9 Å². The van der Waals surface area contributed by atoms with E-state index in [9.17, 15) is 13.2 Å². The van der Waals surface area contributed by atoms with E-state index in [2.05, 4.69) is 20.2 Å². The molecule has 1 atom stereocenters. The maximum atomic E-state index is 13.0. The normalized spacial score (nSPS) is 12.8. The van der Waals surface area contributed by atoms with Gasteiger partial charge in [0.2, 0.25) is 15.9 Å². The molecular weight excluding hydrogens is 448 g/mol. The number of carbonyl (C=O) groups excluding carboxylic acids is 1. The fourth-order valence-corrected chi connectivity index (χ4v) is 4.69. The Morgan fingerprint density at radius 2 is 1.97 bits per heavy atom. The van der Waals surface area contributed by atoms with Crippen molar-refractivity contribution in [3.8, 4) is 0 Å². The summed E-state index contributed by atoms with van der Waals surface area (Å²) in [5, 5.41) is 12.3. The van der Waals surface area contributed by atoms with E-state index >= 15 is 0 Å². The predicted octanol–water partition coefficient (Wildman–Crippen LogP) is 2.67. The quantitative estimate of drug-likeness (QED) is 0.388. The zero-order chi connectivity index (χ0) is 22.7. The molecule has 1 aromatic carbocycles. The summed E-state index contributed by atoms with van der Waals surface area (Å²) in [7, 11) is -3.41. The van der Waals surface area contributed by atoms with Gasteiger partial charge in [0.25, 0.3) is 0 Å². The van der Waals surface area contributed by atoms with Crippen molar-refractivity contribution in [2.75, 3.05) is 23.0 Å². The summed E-state index contributed by atoms with van der Waals surface area (Å²) >= 11 is 1.70. The van der Waals surface area contributed by atoms with E-state index in [1.54, 1.807) is 40.7 Å². The Kier molecular flexibility index (Phi) is 6.38. The standard InChI is InChI=1S/C21H24N6O3S2/c1-31-13-10-17(21-24-23-19-8-3-4-11-27(19)21)22-20(28)14-26-12-9-15-16(25-32(2,29)30)6-5-7-18(15)26/h3-9,11-12,17,25H,10,13-14H2,1-2H3,(H,22,28)/t17-/m0/s1. The number of amides is 1. The molecule has 0 aliphatic carbocycles. The molecule has 0 spiro atoms. The van der Waals surface area contributed by atoms with Crippen molar-refractivity contribution in [2.45, 2.75) is 19.0 Å². The highest BCUT2D eigenvalue weighted by Crippen LogP contribution is 2.25. The minimum Gasteiger partial charge on any atom is -0.344 e. The molecule has 0 bridgehead atoms. The lowest BCUT2D eigenvalue weighted by Crippen LogP contribution is -2.33. The summed E-state index contributed by atoms with van der Waals surface area (Å²) in [6.07, 6.45) is 7.52. The highest BCUT2D eigenvalue weighted by atomic mass is 32.2. The number of rotatable bonds is 9. The Labute approximate surface area is 190 Å². The van der Waals surface area contributed by atoms with Crippen molar-refractivity contribution in [1.82, 2.24) is 24.5 Å². The number of nitrogens with zero attached hydrogens (tertiary/aromatic N) is 4.